The molecule has 1 aromatic rings. The van der Waals surface area contributed by atoms with Crippen LogP contribution >= 0.6 is 0 Å². The molecule has 118 valence electrons. The molecule has 0 N–H and O–H groups in total. The largest absolute Gasteiger partial charge is 0.465 e. The van der Waals surface area contributed by atoms with Gasteiger partial charge < -0.3 is 9.64 Å². The van der Waals surface area contributed by atoms with Gasteiger partial charge in [-0.05, 0) is 32.9 Å². The maximum absolute atomic E-state index is 12.7. The van der Waals surface area contributed by atoms with Crippen LogP contribution < -0.4 is 0 Å². The van der Waals surface area contributed by atoms with Gasteiger partial charge in [-0.1, -0.05) is 18.2 Å². The fourth-order valence-corrected chi connectivity index (χ4v) is 2.72. The molecular formula is C17H21NO4. The molecule has 1 unspecified atom stereocenters. The van der Waals surface area contributed by atoms with E-state index in [1.54, 1.807) is 36.1 Å². The Kier molecular flexibility index (Phi) is 4.64. The predicted molar refractivity (Wildman–Crippen MR) is 81.3 cm³/mol. The van der Waals surface area contributed by atoms with Crippen LogP contribution in [-0.4, -0.2) is 41.3 Å². The lowest BCUT2D eigenvalue weighted by Gasteiger charge is -2.44. The average molecular weight is 303 g/mol. The third-order valence-corrected chi connectivity index (χ3v) is 3.93. The first-order valence-corrected chi connectivity index (χ1v) is 7.43. The van der Waals surface area contributed by atoms with Crippen LogP contribution in [0.1, 0.15) is 37.6 Å². The molecule has 0 aliphatic carbocycles. The Hall–Kier alpha value is -2.17. The molecule has 0 spiro atoms. The molecule has 0 bridgehead atoms. The third kappa shape index (κ3) is 3.18. The summed E-state index contributed by atoms with van der Waals surface area (Å²) in [6.07, 6.45) is 0.148. The van der Waals surface area contributed by atoms with Gasteiger partial charge in [0, 0.05) is 24.1 Å². The molecule has 0 saturated carbocycles. The van der Waals surface area contributed by atoms with Gasteiger partial charge in [0.05, 0.1) is 6.61 Å². The zero-order valence-corrected chi connectivity index (χ0v) is 13.2. The van der Waals surface area contributed by atoms with Gasteiger partial charge in [0.25, 0.3) is 5.91 Å². The van der Waals surface area contributed by atoms with Gasteiger partial charge in [-0.2, -0.15) is 0 Å². The average Bonchev–Trinajstić information content (AvgIpc) is 2.47. The second-order valence-electron chi connectivity index (χ2n) is 6.04. The molecule has 1 fully saturated rings. The number of nitrogens with zero attached hydrogens (tertiary/aromatic N) is 1. The number of carbonyl (C=O) groups is 3. The van der Waals surface area contributed by atoms with Gasteiger partial charge in [-0.3, -0.25) is 14.4 Å². The summed E-state index contributed by atoms with van der Waals surface area (Å²) in [5.74, 6) is -1.78. The first kappa shape index (κ1) is 16.2. The van der Waals surface area contributed by atoms with Crippen molar-refractivity contribution in [2.75, 3.05) is 13.2 Å². The fraction of sp³-hybridized carbons (Fsp3) is 0.471. The van der Waals surface area contributed by atoms with E-state index in [0.29, 0.717) is 5.56 Å². The van der Waals surface area contributed by atoms with Gasteiger partial charge >= 0.3 is 5.97 Å². The minimum atomic E-state index is -0.888. The van der Waals surface area contributed by atoms with E-state index in [1.165, 1.54) is 0 Å². The van der Waals surface area contributed by atoms with E-state index in [2.05, 4.69) is 0 Å². The highest BCUT2D eigenvalue weighted by atomic mass is 16.5. The van der Waals surface area contributed by atoms with Crippen molar-refractivity contribution in [1.29, 1.82) is 0 Å². The zero-order valence-electron chi connectivity index (χ0n) is 13.2. The summed E-state index contributed by atoms with van der Waals surface area (Å²) in [4.78, 5) is 38.4. The Balaban J connectivity index is 2.26. The normalized spacial score (nSPS) is 20.6. The number of amides is 1. The predicted octanol–water partition coefficient (Wildman–Crippen LogP) is 2.06. The summed E-state index contributed by atoms with van der Waals surface area (Å²) >= 11 is 0. The highest BCUT2D eigenvalue weighted by Crippen LogP contribution is 2.30. The van der Waals surface area contributed by atoms with E-state index in [9.17, 15) is 14.4 Å². The Bertz CT molecular complexity index is 580. The lowest BCUT2D eigenvalue weighted by Crippen LogP contribution is -2.58. The van der Waals surface area contributed by atoms with E-state index in [-0.39, 0.29) is 31.3 Å². The van der Waals surface area contributed by atoms with Crippen LogP contribution in [0, 0.1) is 5.92 Å². The van der Waals surface area contributed by atoms with Crippen molar-refractivity contribution < 1.29 is 19.1 Å². The number of likely N-dealkylation sites (tertiary alicyclic amines) is 1. The molecule has 5 heteroatoms. The molecule has 2 rings (SSSR count). The van der Waals surface area contributed by atoms with Crippen molar-refractivity contribution in [3.8, 4) is 0 Å². The second-order valence-corrected chi connectivity index (χ2v) is 6.04. The summed E-state index contributed by atoms with van der Waals surface area (Å²) < 4.78 is 4.96. The van der Waals surface area contributed by atoms with Crippen molar-refractivity contribution in [1.82, 2.24) is 4.90 Å². The van der Waals surface area contributed by atoms with Crippen LogP contribution in [0.2, 0.25) is 0 Å². The van der Waals surface area contributed by atoms with Gasteiger partial charge in [-0.15, -0.1) is 0 Å². The first-order chi connectivity index (χ1) is 10.4. The topological polar surface area (TPSA) is 63.7 Å². The molecule has 0 aromatic heterocycles. The number of benzene rings is 1. The van der Waals surface area contributed by atoms with E-state index in [1.807, 2.05) is 19.9 Å². The number of piperidine rings is 1. The van der Waals surface area contributed by atoms with E-state index >= 15 is 0 Å². The number of carbonyl (C=O) groups excluding carboxylic acids is 3. The summed E-state index contributed by atoms with van der Waals surface area (Å²) in [5, 5.41) is 0. The molecule has 22 heavy (non-hydrogen) atoms. The highest BCUT2D eigenvalue weighted by molar-refractivity contribution is 6.03. The summed E-state index contributed by atoms with van der Waals surface area (Å²) in [5.41, 5.74) is -0.0694. The Labute approximate surface area is 130 Å². The number of Topliss-reactive ketones (excluding diaryl/α,β-unsaturated/α-hetero) is 1. The van der Waals surface area contributed by atoms with Crippen LogP contribution in [0.3, 0.4) is 0 Å². The number of ketones is 1. The monoisotopic (exact) mass is 303 g/mol. The SMILES string of the molecule is CCOC(=O)C1CN(C(=O)c2ccccc2)C(C)(C)CC1=O. The Morgan fingerprint density at radius 2 is 1.91 bits per heavy atom. The van der Waals surface area contributed by atoms with Gasteiger partial charge in [-0.25, -0.2) is 0 Å². The van der Waals surface area contributed by atoms with E-state index in [4.69, 9.17) is 4.74 Å². The maximum atomic E-state index is 12.7. The summed E-state index contributed by atoms with van der Waals surface area (Å²) in [6, 6.07) is 8.88. The van der Waals surface area contributed by atoms with Crippen LogP contribution in [0.4, 0.5) is 0 Å². The smallest absolute Gasteiger partial charge is 0.318 e. The van der Waals surface area contributed by atoms with E-state index < -0.39 is 17.4 Å². The van der Waals surface area contributed by atoms with Crippen molar-refractivity contribution in [3.05, 3.63) is 35.9 Å². The van der Waals surface area contributed by atoms with Gasteiger partial charge in [0.2, 0.25) is 0 Å². The number of ether oxygens (including phenoxy) is 1. The molecule has 0 radical (unpaired) electrons. The fourth-order valence-electron chi connectivity index (χ4n) is 2.72. The molecule has 1 atom stereocenters. The Morgan fingerprint density at radius 3 is 2.50 bits per heavy atom. The number of esters is 1. The van der Waals surface area contributed by atoms with Crippen molar-refractivity contribution >= 4 is 17.7 Å². The molecule has 1 amide bonds. The quantitative estimate of drug-likeness (QED) is 0.633. The van der Waals surface area contributed by atoms with Crippen LogP contribution in [0.5, 0.6) is 0 Å². The van der Waals surface area contributed by atoms with Crippen LogP contribution in [0.25, 0.3) is 0 Å². The molecular weight excluding hydrogens is 282 g/mol. The van der Waals surface area contributed by atoms with Crippen molar-refractivity contribution in [3.63, 3.8) is 0 Å². The minimum absolute atomic E-state index is 0.0679. The zero-order chi connectivity index (χ0) is 16.3. The highest BCUT2D eigenvalue weighted by Gasteiger charge is 2.45. The van der Waals surface area contributed by atoms with Gasteiger partial charge in [0.15, 0.2) is 5.78 Å². The summed E-state index contributed by atoms with van der Waals surface area (Å²) in [6.45, 7) is 5.67. The molecule has 1 aromatic carbocycles. The summed E-state index contributed by atoms with van der Waals surface area (Å²) in [7, 11) is 0. The third-order valence-electron chi connectivity index (χ3n) is 3.93. The first-order valence-electron chi connectivity index (χ1n) is 7.43. The van der Waals surface area contributed by atoms with Gasteiger partial charge in [0.1, 0.15) is 5.92 Å². The maximum Gasteiger partial charge on any atom is 0.318 e. The Morgan fingerprint density at radius 1 is 1.27 bits per heavy atom. The standard InChI is InChI=1S/C17H21NO4/c1-4-22-16(21)13-11-18(17(2,3)10-14(13)19)15(20)12-8-6-5-7-9-12/h5-9,13H,4,10-11H2,1-3H3. The van der Waals surface area contributed by atoms with Crippen LogP contribution in [0.15, 0.2) is 30.3 Å². The van der Waals surface area contributed by atoms with Crippen molar-refractivity contribution in [2.24, 2.45) is 5.92 Å². The van der Waals surface area contributed by atoms with Crippen molar-refractivity contribution in [2.45, 2.75) is 32.7 Å². The van der Waals surface area contributed by atoms with Crippen LogP contribution in [-0.2, 0) is 14.3 Å². The number of hydrogen-bond acceptors (Lipinski definition) is 4. The minimum Gasteiger partial charge on any atom is -0.465 e. The number of rotatable bonds is 3. The number of hydrogen-bond donors (Lipinski definition) is 0. The van der Waals surface area contributed by atoms with E-state index in [0.717, 1.165) is 0 Å². The second kappa shape index (κ2) is 6.30. The molecule has 1 aliphatic heterocycles. The molecule has 1 heterocycles. The molecule has 1 saturated heterocycles. The lowest BCUT2D eigenvalue weighted by molar-refractivity contribution is -0.155. The molecule has 1 aliphatic rings. The molecule has 5 nitrogen and oxygen atoms in total. The lowest BCUT2D eigenvalue weighted by atomic mass is 9.83.